The van der Waals surface area contributed by atoms with E-state index >= 15 is 0 Å². The van der Waals surface area contributed by atoms with Crippen LogP contribution < -0.4 is 4.90 Å². The summed E-state index contributed by atoms with van der Waals surface area (Å²) in [5, 5.41) is 0.722. The lowest BCUT2D eigenvalue weighted by Crippen LogP contribution is -2.54. The van der Waals surface area contributed by atoms with Crippen molar-refractivity contribution in [2.75, 3.05) is 31.1 Å². The molecule has 1 aromatic carbocycles. The summed E-state index contributed by atoms with van der Waals surface area (Å²) in [7, 11) is 0. The number of cyclic esters (lactones) is 1. The normalized spacial score (nSPS) is 24.7. The average molecular weight is 337 g/mol. The molecule has 0 radical (unpaired) electrons. The SMILES string of the molecule is CC1CN(c2cccc(Cl)c2)CCN1C(=O)CC1COC(=O)C1. The topological polar surface area (TPSA) is 49.9 Å². The third-order valence-electron chi connectivity index (χ3n) is 4.52. The first kappa shape index (κ1) is 16.1. The van der Waals surface area contributed by atoms with E-state index in [0.29, 0.717) is 26.0 Å². The second-order valence-electron chi connectivity index (χ2n) is 6.32. The van der Waals surface area contributed by atoms with Crippen LogP contribution in [0.4, 0.5) is 5.69 Å². The van der Waals surface area contributed by atoms with Crippen LogP contribution in [0, 0.1) is 5.92 Å². The number of carbonyl (C=O) groups is 2. The number of amides is 1. The lowest BCUT2D eigenvalue weighted by molar-refractivity contribution is -0.138. The molecule has 23 heavy (non-hydrogen) atoms. The van der Waals surface area contributed by atoms with Crippen LogP contribution >= 0.6 is 11.6 Å². The van der Waals surface area contributed by atoms with Gasteiger partial charge in [0.2, 0.25) is 5.91 Å². The zero-order valence-corrected chi connectivity index (χ0v) is 14.0. The molecule has 0 bridgehead atoms. The molecule has 0 spiro atoms. The highest BCUT2D eigenvalue weighted by atomic mass is 35.5. The highest BCUT2D eigenvalue weighted by molar-refractivity contribution is 6.30. The molecule has 0 N–H and O–H groups in total. The number of nitrogens with zero attached hydrogens (tertiary/aromatic N) is 2. The molecular weight excluding hydrogens is 316 g/mol. The Hall–Kier alpha value is -1.75. The molecule has 2 fully saturated rings. The number of rotatable bonds is 3. The molecule has 2 atom stereocenters. The van der Waals surface area contributed by atoms with Crippen LogP contribution in [-0.2, 0) is 14.3 Å². The second-order valence-corrected chi connectivity index (χ2v) is 6.76. The van der Waals surface area contributed by atoms with Gasteiger partial charge in [-0.3, -0.25) is 9.59 Å². The van der Waals surface area contributed by atoms with Gasteiger partial charge in [-0.05, 0) is 25.1 Å². The van der Waals surface area contributed by atoms with Crippen molar-refractivity contribution in [1.82, 2.24) is 4.90 Å². The molecule has 124 valence electrons. The summed E-state index contributed by atoms with van der Waals surface area (Å²) >= 11 is 6.06. The summed E-state index contributed by atoms with van der Waals surface area (Å²) in [6.45, 7) is 4.70. The minimum atomic E-state index is -0.193. The van der Waals surface area contributed by atoms with Gasteiger partial charge in [0.05, 0.1) is 13.0 Å². The first-order chi connectivity index (χ1) is 11.0. The summed E-state index contributed by atoms with van der Waals surface area (Å²) in [5.74, 6) is -0.0404. The first-order valence-corrected chi connectivity index (χ1v) is 8.36. The van der Waals surface area contributed by atoms with Crippen LogP contribution in [0.15, 0.2) is 24.3 Å². The minimum absolute atomic E-state index is 0.0353. The molecule has 1 aromatic rings. The Balaban J connectivity index is 1.58. The van der Waals surface area contributed by atoms with E-state index in [4.69, 9.17) is 16.3 Å². The summed E-state index contributed by atoms with van der Waals surface area (Å²) in [4.78, 5) is 27.8. The second kappa shape index (κ2) is 6.79. The number of hydrogen-bond acceptors (Lipinski definition) is 4. The Morgan fingerprint density at radius 1 is 1.39 bits per heavy atom. The molecule has 0 aromatic heterocycles. The van der Waals surface area contributed by atoms with Gasteiger partial charge in [-0.15, -0.1) is 0 Å². The highest BCUT2D eigenvalue weighted by Crippen LogP contribution is 2.24. The van der Waals surface area contributed by atoms with E-state index in [1.54, 1.807) is 0 Å². The fourth-order valence-corrected chi connectivity index (χ4v) is 3.48. The summed E-state index contributed by atoms with van der Waals surface area (Å²) in [6, 6.07) is 7.93. The molecule has 5 nitrogen and oxygen atoms in total. The van der Waals surface area contributed by atoms with Crippen LogP contribution in [0.25, 0.3) is 0 Å². The van der Waals surface area contributed by atoms with Gasteiger partial charge in [0.1, 0.15) is 0 Å². The Kier molecular flexibility index (Phi) is 4.76. The van der Waals surface area contributed by atoms with Gasteiger partial charge < -0.3 is 14.5 Å². The fourth-order valence-electron chi connectivity index (χ4n) is 3.30. The van der Waals surface area contributed by atoms with Gasteiger partial charge >= 0.3 is 5.97 Å². The molecule has 2 aliphatic rings. The molecule has 2 aliphatic heterocycles. The predicted octanol–water partition coefficient (Wildman–Crippen LogP) is 2.33. The molecule has 2 saturated heterocycles. The van der Waals surface area contributed by atoms with Crippen molar-refractivity contribution >= 4 is 29.2 Å². The molecule has 0 aliphatic carbocycles. The maximum atomic E-state index is 12.5. The number of benzene rings is 1. The van der Waals surface area contributed by atoms with Crippen molar-refractivity contribution in [3.63, 3.8) is 0 Å². The van der Waals surface area contributed by atoms with Gasteiger partial charge in [0, 0.05) is 48.7 Å². The summed E-state index contributed by atoms with van der Waals surface area (Å²) < 4.78 is 4.94. The van der Waals surface area contributed by atoms with Crippen LogP contribution in [0.1, 0.15) is 19.8 Å². The van der Waals surface area contributed by atoms with Crippen molar-refractivity contribution in [3.8, 4) is 0 Å². The molecule has 2 unspecified atom stereocenters. The van der Waals surface area contributed by atoms with Crippen molar-refractivity contribution < 1.29 is 14.3 Å². The van der Waals surface area contributed by atoms with Crippen LogP contribution in [0.3, 0.4) is 0 Å². The quantitative estimate of drug-likeness (QED) is 0.795. The first-order valence-electron chi connectivity index (χ1n) is 7.98. The van der Waals surface area contributed by atoms with E-state index in [1.807, 2.05) is 29.2 Å². The standard InChI is InChI=1S/C17H21ClN2O3/c1-12-10-19(15-4-2-3-14(18)9-15)5-6-20(12)16(21)7-13-8-17(22)23-11-13/h2-4,9,12-13H,5-8,10-11H2,1H3. The summed E-state index contributed by atoms with van der Waals surface area (Å²) in [6.07, 6.45) is 0.760. The number of carbonyl (C=O) groups excluding carboxylic acids is 2. The van der Waals surface area contributed by atoms with Crippen molar-refractivity contribution in [2.24, 2.45) is 5.92 Å². The number of anilines is 1. The Morgan fingerprint density at radius 3 is 2.87 bits per heavy atom. The van der Waals surface area contributed by atoms with E-state index < -0.39 is 0 Å². The zero-order valence-electron chi connectivity index (χ0n) is 13.2. The van der Waals surface area contributed by atoms with Crippen LogP contribution in [-0.4, -0.2) is 49.1 Å². The molecule has 6 heteroatoms. The highest BCUT2D eigenvalue weighted by Gasteiger charge is 2.32. The largest absolute Gasteiger partial charge is 0.465 e. The predicted molar refractivity (Wildman–Crippen MR) is 88.5 cm³/mol. The maximum Gasteiger partial charge on any atom is 0.306 e. The Labute approximate surface area is 141 Å². The molecule has 3 rings (SSSR count). The van der Waals surface area contributed by atoms with E-state index in [0.717, 1.165) is 23.8 Å². The molecule has 1 amide bonds. The fraction of sp³-hybridized carbons (Fsp3) is 0.529. The Bertz CT molecular complexity index is 607. The van der Waals surface area contributed by atoms with Crippen molar-refractivity contribution in [2.45, 2.75) is 25.8 Å². The molecule has 0 saturated carbocycles. The van der Waals surface area contributed by atoms with E-state index in [2.05, 4.69) is 11.8 Å². The minimum Gasteiger partial charge on any atom is -0.465 e. The monoisotopic (exact) mass is 336 g/mol. The van der Waals surface area contributed by atoms with Crippen molar-refractivity contribution in [3.05, 3.63) is 29.3 Å². The average Bonchev–Trinajstić information content (AvgIpc) is 2.92. The van der Waals surface area contributed by atoms with E-state index in [9.17, 15) is 9.59 Å². The van der Waals surface area contributed by atoms with Crippen LogP contribution in [0.5, 0.6) is 0 Å². The lowest BCUT2D eigenvalue weighted by atomic mass is 10.0. The number of hydrogen-bond donors (Lipinski definition) is 0. The van der Waals surface area contributed by atoms with Gasteiger partial charge in [-0.2, -0.15) is 0 Å². The van der Waals surface area contributed by atoms with Crippen molar-refractivity contribution in [1.29, 1.82) is 0 Å². The van der Waals surface area contributed by atoms with Gasteiger partial charge in [0.15, 0.2) is 0 Å². The smallest absolute Gasteiger partial charge is 0.306 e. The van der Waals surface area contributed by atoms with Gasteiger partial charge in [-0.1, -0.05) is 17.7 Å². The zero-order chi connectivity index (χ0) is 16.4. The third-order valence-corrected chi connectivity index (χ3v) is 4.75. The number of piperazine rings is 1. The Morgan fingerprint density at radius 2 is 2.22 bits per heavy atom. The van der Waals surface area contributed by atoms with E-state index in [1.165, 1.54) is 0 Å². The lowest BCUT2D eigenvalue weighted by Gasteiger charge is -2.41. The summed E-state index contributed by atoms with van der Waals surface area (Å²) in [5.41, 5.74) is 1.09. The third kappa shape index (κ3) is 3.78. The van der Waals surface area contributed by atoms with Crippen LogP contribution in [0.2, 0.25) is 5.02 Å². The maximum absolute atomic E-state index is 12.5. The number of esters is 1. The number of halogens is 1. The number of ether oxygens (including phenoxy) is 1. The molecular formula is C17H21ClN2O3. The van der Waals surface area contributed by atoms with Gasteiger partial charge in [-0.25, -0.2) is 0 Å². The van der Waals surface area contributed by atoms with E-state index in [-0.39, 0.29) is 23.8 Å². The molecule has 2 heterocycles. The van der Waals surface area contributed by atoms with Gasteiger partial charge in [0.25, 0.3) is 0 Å².